The van der Waals surface area contributed by atoms with Gasteiger partial charge in [0.05, 0.1) is 12.5 Å². The van der Waals surface area contributed by atoms with E-state index >= 15 is 0 Å². The second kappa shape index (κ2) is 9.06. The van der Waals surface area contributed by atoms with Crippen LogP contribution in [0.2, 0.25) is 0 Å². The van der Waals surface area contributed by atoms with E-state index < -0.39 is 0 Å². The summed E-state index contributed by atoms with van der Waals surface area (Å²) in [7, 11) is 1.52. The van der Waals surface area contributed by atoms with Crippen LogP contribution in [0.25, 0.3) is 11.0 Å². The Morgan fingerprint density at radius 3 is 2.45 bits per heavy atom. The van der Waals surface area contributed by atoms with Crippen LogP contribution in [0.1, 0.15) is 10.4 Å². The summed E-state index contributed by atoms with van der Waals surface area (Å²) in [5.41, 5.74) is 0.546. The molecule has 0 aliphatic heterocycles. The lowest BCUT2D eigenvalue weighted by Crippen LogP contribution is -2.11. The fraction of sp³-hybridized carbons (Fsp3) is 0.0833. The zero-order chi connectivity index (χ0) is 21.8. The molecule has 0 saturated heterocycles. The van der Waals surface area contributed by atoms with E-state index in [2.05, 4.69) is 15.9 Å². The van der Waals surface area contributed by atoms with Crippen molar-refractivity contribution in [3.05, 3.63) is 93.3 Å². The molecule has 0 fully saturated rings. The van der Waals surface area contributed by atoms with Crippen LogP contribution in [-0.4, -0.2) is 19.5 Å². The number of benzene rings is 3. The molecule has 31 heavy (non-hydrogen) atoms. The van der Waals surface area contributed by atoms with Crippen LogP contribution in [0.15, 0.2) is 86.7 Å². The third-order valence-electron chi connectivity index (χ3n) is 4.54. The molecule has 4 rings (SSSR count). The number of Topliss-reactive ketones (excluding diaryl/α,β-unsaturated/α-hetero) is 1. The SMILES string of the molecule is COc1ccccc1Oc1coc2cc(OCC(=O)c3ccc(Br)cc3)ccc2c1=O. The third kappa shape index (κ3) is 4.62. The Morgan fingerprint density at radius 2 is 1.71 bits per heavy atom. The number of methoxy groups -OCH3 is 1. The second-order valence-corrected chi connectivity index (χ2v) is 7.47. The Bertz CT molecular complexity index is 1290. The topological polar surface area (TPSA) is 75.0 Å². The first-order valence-electron chi connectivity index (χ1n) is 9.33. The summed E-state index contributed by atoms with van der Waals surface area (Å²) in [6, 6.07) is 18.8. The van der Waals surface area contributed by atoms with Gasteiger partial charge in [0, 0.05) is 16.1 Å². The number of carbonyl (C=O) groups is 1. The van der Waals surface area contributed by atoms with Crippen molar-refractivity contribution in [1.82, 2.24) is 0 Å². The van der Waals surface area contributed by atoms with Crippen LogP contribution >= 0.6 is 15.9 Å². The van der Waals surface area contributed by atoms with E-state index in [9.17, 15) is 9.59 Å². The summed E-state index contributed by atoms with van der Waals surface area (Å²) in [5.74, 6) is 1.20. The maximum absolute atomic E-state index is 12.8. The van der Waals surface area contributed by atoms with E-state index in [0.29, 0.717) is 33.8 Å². The molecular weight excluding hydrogens is 464 g/mol. The minimum absolute atomic E-state index is 0.0380. The van der Waals surface area contributed by atoms with E-state index in [1.807, 2.05) is 0 Å². The highest BCUT2D eigenvalue weighted by atomic mass is 79.9. The quantitative estimate of drug-likeness (QED) is 0.319. The van der Waals surface area contributed by atoms with Gasteiger partial charge in [0.1, 0.15) is 17.6 Å². The molecule has 4 aromatic rings. The van der Waals surface area contributed by atoms with Gasteiger partial charge in [-0.25, -0.2) is 0 Å². The number of halogens is 1. The maximum Gasteiger partial charge on any atom is 0.235 e. The Labute approximate surface area is 186 Å². The van der Waals surface area contributed by atoms with Crippen molar-refractivity contribution in [3.8, 4) is 23.0 Å². The average Bonchev–Trinajstić information content (AvgIpc) is 2.80. The molecule has 0 spiro atoms. The van der Waals surface area contributed by atoms with Crippen molar-refractivity contribution < 1.29 is 23.4 Å². The van der Waals surface area contributed by atoms with E-state index in [1.165, 1.54) is 13.4 Å². The molecule has 156 valence electrons. The Morgan fingerprint density at radius 1 is 0.968 bits per heavy atom. The Balaban J connectivity index is 1.52. The first kappa shape index (κ1) is 20.7. The van der Waals surface area contributed by atoms with Crippen molar-refractivity contribution in [2.24, 2.45) is 0 Å². The number of para-hydroxylation sites is 2. The smallest absolute Gasteiger partial charge is 0.235 e. The van der Waals surface area contributed by atoms with Crippen LogP contribution in [0.4, 0.5) is 0 Å². The van der Waals surface area contributed by atoms with Gasteiger partial charge in [0.15, 0.2) is 23.9 Å². The fourth-order valence-corrected chi connectivity index (χ4v) is 3.21. The standard InChI is InChI=1S/C24H17BrO6/c1-28-20-4-2-3-5-21(20)31-23-14-30-22-12-17(10-11-18(22)24(23)27)29-13-19(26)15-6-8-16(25)9-7-15/h2-12,14H,13H2,1H3. The van der Waals surface area contributed by atoms with Gasteiger partial charge < -0.3 is 18.6 Å². The number of carbonyl (C=O) groups excluding carboxylic acids is 1. The molecule has 1 heterocycles. The molecule has 3 aromatic carbocycles. The predicted molar refractivity (Wildman–Crippen MR) is 120 cm³/mol. The molecule has 0 unspecified atom stereocenters. The van der Waals surface area contributed by atoms with Gasteiger partial charge in [-0.3, -0.25) is 9.59 Å². The number of hydrogen-bond acceptors (Lipinski definition) is 6. The zero-order valence-corrected chi connectivity index (χ0v) is 18.0. The normalized spacial score (nSPS) is 10.6. The van der Waals surface area contributed by atoms with Crippen LogP contribution < -0.4 is 19.6 Å². The molecule has 0 aliphatic carbocycles. The van der Waals surface area contributed by atoms with Crippen molar-refractivity contribution >= 4 is 32.7 Å². The lowest BCUT2D eigenvalue weighted by molar-refractivity contribution is 0.0921. The van der Waals surface area contributed by atoms with Gasteiger partial charge >= 0.3 is 0 Å². The van der Waals surface area contributed by atoms with E-state index in [4.69, 9.17) is 18.6 Å². The molecule has 0 saturated carbocycles. The van der Waals surface area contributed by atoms with E-state index in [1.54, 1.807) is 66.7 Å². The first-order chi connectivity index (χ1) is 15.0. The van der Waals surface area contributed by atoms with Crippen molar-refractivity contribution in [1.29, 1.82) is 0 Å². The molecule has 7 heteroatoms. The Hall–Kier alpha value is -3.58. The lowest BCUT2D eigenvalue weighted by Gasteiger charge is -2.10. The molecule has 0 aliphatic rings. The zero-order valence-electron chi connectivity index (χ0n) is 16.5. The van der Waals surface area contributed by atoms with Crippen LogP contribution in [-0.2, 0) is 0 Å². The lowest BCUT2D eigenvalue weighted by atomic mass is 10.1. The van der Waals surface area contributed by atoms with Gasteiger partial charge in [-0.15, -0.1) is 0 Å². The Kier molecular flexibility index (Phi) is 6.04. The fourth-order valence-electron chi connectivity index (χ4n) is 2.94. The molecule has 0 atom stereocenters. The van der Waals surface area contributed by atoms with Crippen molar-refractivity contribution in [2.45, 2.75) is 0 Å². The van der Waals surface area contributed by atoms with Crippen molar-refractivity contribution in [3.63, 3.8) is 0 Å². The summed E-state index contributed by atoms with van der Waals surface area (Å²) in [6.07, 6.45) is 1.24. The van der Waals surface area contributed by atoms with E-state index in [0.717, 1.165) is 4.47 Å². The highest BCUT2D eigenvalue weighted by molar-refractivity contribution is 9.10. The van der Waals surface area contributed by atoms with Gasteiger partial charge in [0.25, 0.3) is 0 Å². The minimum atomic E-state index is -0.329. The van der Waals surface area contributed by atoms with Crippen molar-refractivity contribution in [2.75, 3.05) is 13.7 Å². The predicted octanol–water partition coefficient (Wildman–Crippen LogP) is 5.62. The largest absolute Gasteiger partial charge is 0.493 e. The summed E-state index contributed by atoms with van der Waals surface area (Å²) >= 11 is 3.34. The molecule has 6 nitrogen and oxygen atoms in total. The second-order valence-electron chi connectivity index (χ2n) is 6.56. The van der Waals surface area contributed by atoms with Crippen LogP contribution in [0, 0.1) is 0 Å². The number of ether oxygens (including phenoxy) is 3. The average molecular weight is 481 g/mol. The summed E-state index contributed by atoms with van der Waals surface area (Å²) in [4.78, 5) is 25.1. The van der Waals surface area contributed by atoms with Gasteiger partial charge in [-0.05, 0) is 36.4 Å². The molecular formula is C24H17BrO6. The van der Waals surface area contributed by atoms with Gasteiger partial charge in [-0.2, -0.15) is 0 Å². The summed E-state index contributed by atoms with van der Waals surface area (Å²) in [5, 5.41) is 0.332. The maximum atomic E-state index is 12.8. The van der Waals surface area contributed by atoms with Gasteiger partial charge in [-0.1, -0.05) is 40.2 Å². The van der Waals surface area contributed by atoms with E-state index in [-0.39, 0.29) is 23.6 Å². The number of rotatable bonds is 7. The first-order valence-corrected chi connectivity index (χ1v) is 10.1. The number of hydrogen-bond donors (Lipinski definition) is 0. The summed E-state index contributed by atoms with van der Waals surface area (Å²) < 4.78 is 23.0. The number of fused-ring (bicyclic) bond motifs is 1. The summed E-state index contributed by atoms with van der Waals surface area (Å²) in [6.45, 7) is -0.133. The molecule has 0 radical (unpaired) electrons. The van der Waals surface area contributed by atoms with Crippen LogP contribution in [0.5, 0.6) is 23.0 Å². The molecule has 0 bridgehead atoms. The minimum Gasteiger partial charge on any atom is -0.493 e. The highest BCUT2D eigenvalue weighted by Crippen LogP contribution is 2.30. The molecule has 0 N–H and O–H groups in total. The van der Waals surface area contributed by atoms with Gasteiger partial charge in [0.2, 0.25) is 11.2 Å². The highest BCUT2D eigenvalue weighted by Gasteiger charge is 2.13. The van der Waals surface area contributed by atoms with Crippen LogP contribution in [0.3, 0.4) is 0 Å². The third-order valence-corrected chi connectivity index (χ3v) is 5.07. The monoisotopic (exact) mass is 480 g/mol. The molecule has 0 amide bonds. The number of ketones is 1. The molecule has 1 aromatic heterocycles.